The summed E-state index contributed by atoms with van der Waals surface area (Å²) in [5.41, 5.74) is 13.4. The van der Waals surface area contributed by atoms with Gasteiger partial charge < -0.3 is 25.8 Å². The monoisotopic (exact) mass is 2150 g/mol. The van der Waals surface area contributed by atoms with Gasteiger partial charge in [0.2, 0.25) is 0 Å². The second kappa shape index (κ2) is 78.1. The van der Waals surface area contributed by atoms with Gasteiger partial charge in [0.05, 0.1) is 11.0 Å². The van der Waals surface area contributed by atoms with Crippen molar-refractivity contribution in [3.05, 3.63) is 275 Å². The van der Waals surface area contributed by atoms with Crippen molar-refractivity contribution in [1.82, 2.24) is 25.8 Å². The smallest absolute Gasteiger partial charge is 0.108 e. The Labute approximate surface area is 901 Å². The van der Waals surface area contributed by atoms with E-state index in [0.717, 1.165) is 88.8 Å². The van der Waals surface area contributed by atoms with Crippen LogP contribution in [0.25, 0.3) is 0 Å². The molecule has 0 saturated carbocycles. The molecule has 8 aromatic carbocycles. The average Bonchev–Trinajstić information content (AvgIpc) is 0.953. The fraction of sp³-hybridized carbons (Fsp3) is 0.467. The molecule has 8 aromatic rings. The minimum absolute atomic E-state index is 0. The number of carbonyl (C=O) groups excluding carboxylic acids is 2. The molecule has 0 spiro atoms. The standard InChI is InChI=1S/C20H32BN3O3.C19H33N3O2.C18H20BNO5S.C15H23BN2O2.C11H12BNO4.C11H14BNO3.C7H7ClO2S.C4H7BO.2ClH/c1-15(2)12-24(19(26)23-20(3,4)5)13-18(25)17(22-14-21-27)11-16-9-7-6-8-10-16;1-14(2)12-22(18(24)21-19(3,4)5)13-17(23)16(20)11-15-9-7-6-8-10-15;1-14-7-9-16(10-8-14)26(23,24)25-12-18(21)17(20-13-19-22)11-15-5-3-2-4-6-15;1-12(2)9-17-10-15(19)14(18-11-16-20)8-13-6-4-3-5-7-13;14-10(11(15)16)9(13-7-12-17)6-8-4-2-1-3-5-8;14-7-11(15)10(13-8-12-16)6-9-4-2-1-3-5-9;1-6-2-4-7(5-3-6)11(8,9)10;5-4-2-1-3-6-4;;/h6-10,14-15,17-18,25H,11-13H2,1-5H3,(H,23,26);6-10,14,16-17,23H,11-13,20H2,1-5H3,(H,21,24);2-10,13,17-18,21H,11-12H2,1H3;3-7,11-12,14-15,17,19H,8-10H2,1-2H3;1-5,7,9-10,14H,6H2,(H,15,16);1-5,8,10-11,14-15H,6-7H2;2-5H,1H3;4H,1-3H2;2*1H/t17-,18+;16-,17+;17-,18+;14-,15+;9-,10-;10-,11+;;;;/m000000..../s1. The van der Waals surface area contributed by atoms with Gasteiger partial charge in [-0.15, -0.1) is 24.8 Å². The number of aliphatic imine (C=N–C) groups is 5. The fourth-order valence-corrected chi connectivity index (χ4v) is 15.3. The van der Waals surface area contributed by atoms with Crippen LogP contribution >= 0.6 is 35.5 Å². The van der Waals surface area contributed by atoms with E-state index >= 15 is 0 Å². The first-order valence-electron chi connectivity index (χ1n) is 48.5. The molecule has 1 aliphatic heterocycles. The second-order valence-electron chi connectivity index (χ2n) is 38.0. The zero-order chi connectivity index (χ0) is 110. The molecular weight excluding hydrogens is 2000 g/mol. The number of aliphatic hydroxyl groups excluding tert-OH is 7. The maximum atomic E-state index is 12.6. The van der Waals surface area contributed by atoms with E-state index in [9.17, 15) is 85.4 Å². The molecular formula is C105H150B6Cl3N11O22S2. The van der Waals surface area contributed by atoms with Gasteiger partial charge in [-0.1, -0.05) is 61.9 Å². The summed E-state index contributed by atoms with van der Waals surface area (Å²) in [6.45, 7) is 30.5. The first-order chi connectivity index (χ1) is 69.6. The number of hydrogen-bond acceptors (Lipinski definition) is 28. The third-order valence-electron chi connectivity index (χ3n) is 20.9. The van der Waals surface area contributed by atoms with E-state index in [1.165, 1.54) is 36.5 Å². The number of hydrogen-bond donors (Lipinski definition) is 12. The number of aliphatic carboxylic acids is 1. The van der Waals surface area contributed by atoms with Crippen LogP contribution in [0.15, 0.2) is 265 Å². The quantitative estimate of drug-likeness (QED) is 0.00729. The van der Waals surface area contributed by atoms with E-state index in [-0.39, 0.29) is 102 Å². The number of amides is 4. The van der Waals surface area contributed by atoms with Crippen LogP contribution in [0.4, 0.5) is 9.59 Å². The van der Waals surface area contributed by atoms with Crippen molar-refractivity contribution < 1.29 is 105 Å². The molecule has 13 atom stereocenters. The maximum absolute atomic E-state index is 12.6. The van der Waals surface area contributed by atoms with Gasteiger partial charge in [0.25, 0.3) is 9.05 Å². The summed E-state index contributed by atoms with van der Waals surface area (Å²) in [6, 6.07) is 66.2. The van der Waals surface area contributed by atoms with E-state index in [0.29, 0.717) is 99.3 Å². The van der Waals surface area contributed by atoms with E-state index in [4.69, 9.17) is 43.4 Å². The number of aliphatic hydroxyl groups is 7. The van der Waals surface area contributed by atoms with Crippen LogP contribution in [-0.2, 0) is 94.9 Å². The summed E-state index contributed by atoms with van der Waals surface area (Å²) in [6.07, 6.45) is 4.46. The number of aryl methyl sites for hydroxylation is 2. The predicted molar refractivity (Wildman–Crippen MR) is 598 cm³/mol. The number of nitrogens with zero attached hydrogens (tertiary/aromatic N) is 7. The van der Waals surface area contributed by atoms with Crippen LogP contribution in [0, 0.1) is 31.6 Å². The number of rotatable bonds is 47. The second-order valence-corrected chi connectivity index (χ2v) is 42.2. The van der Waals surface area contributed by atoms with Gasteiger partial charge >= 0.3 is 636 Å². The summed E-state index contributed by atoms with van der Waals surface area (Å²) in [5.74, 6) is -0.246. The third kappa shape index (κ3) is 65.6. The first-order valence-corrected chi connectivity index (χ1v) is 52.2. The van der Waals surface area contributed by atoms with E-state index in [1.54, 1.807) is 46.2 Å². The molecule has 13 N–H and O–H groups in total. The van der Waals surface area contributed by atoms with Crippen LogP contribution in [0.5, 0.6) is 0 Å². The number of benzene rings is 8. The van der Waals surface area contributed by atoms with Gasteiger partial charge in [0.1, 0.15) is 7.85 Å². The van der Waals surface area contributed by atoms with Gasteiger partial charge in [-0.3, -0.25) is 0 Å². The molecule has 0 bridgehead atoms. The number of carboxylic acid groups (broad SMARTS) is 1. The number of nitrogens with two attached hydrogens (primary N) is 1. The van der Waals surface area contributed by atoms with Crippen molar-refractivity contribution in [2.45, 2.75) is 248 Å². The zero-order valence-electron chi connectivity index (χ0n) is 87.6. The third-order valence-corrected chi connectivity index (χ3v) is 23.6. The molecule has 4 amide bonds. The van der Waals surface area contributed by atoms with Crippen LogP contribution in [0.2, 0.25) is 0 Å². The Kier molecular flexibility index (Phi) is 72.7. The minimum Gasteiger partial charge on any atom is -0.388 e. The van der Waals surface area contributed by atoms with Crippen molar-refractivity contribution in [3.8, 4) is 0 Å². The van der Waals surface area contributed by atoms with Crippen molar-refractivity contribution >= 4 is 147 Å². The van der Waals surface area contributed by atoms with E-state index in [2.05, 4.69) is 54.8 Å². The van der Waals surface area contributed by atoms with Crippen LogP contribution in [-0.4, -0.2) is 309 Å². The Morgan fingerprint density at radius 1 is 0.450 bits per heavy atom. The molecule has 149 heavy (non-hydrogen) atoms. The minimum atomic E-state index is -3.98. The fourth-order valence-electron chi connectivity index (χ4n) is 13.6. The molecule has 1 aliphatic rings. The molecule has 1 heterocycles. The van der Waals surface area contributed by atoms with Crippen molar-refractivity contribution in [2.75, 3.05) is 59.1 Å². The Morgan fingerprint density at radius 2 is 0.752 bits per heavy atom. The maximum Gasteiger partial charge on any atom is 0.108 e. The summed E-state index contributed by atoms with van der Waals surface area (Å²) in [5, 5.41) is 87.5. The van der Waals surface area contributed by atoms with Crippen LogP contribution in [0.3, 0.4) is 0 Å². The number of ether oxygens (including phenoxy) is 1. The summed E-state index contributed by atoms with van der Waals surface area (Å²) < 4.78 is 108. The zero-order valence-corrected chi connectivity index (χ0v) is 91.6. The molecule has 9 rings (SSSR count). The Morgan fingerprint density at radius 3 is 1.03 bits per heavy atom. The van der Waals surface area contributed by atoms with E-state index in [1.807, 2.05) is 253 Å². The van der Waals surface area contributed by atoms with Crippen molar-refractivity contribution in [2.24, 2.45) is 48.4 Å². The summed E-state index contributed by atoms with van der Waals surface area (Å²) in [4.78, 5) is 59.2. The Bertz CT molecular complexity index is 5410. The van der Waals surface area contributed by atoms with Crippen molar-refractivity contribution in [3.63, 3.8) is 0 Å². The molecule has 1 saturated heterocycles. The largest absolute Gasteiger partial charge is 0.388 e. The van der Waals surface area contributed by atoms with Crippen LogP contribution in [0.1, 0.15) is 140 Å². The number of carbonyl (C=O) groups is 3. The molecule has 0 aromatic heterocycles. The van der Waals surface area contributed by atoms with Gasteiger partial charge in [-0.25, -0.2) is 13.2 Å². The normalized spacial score (nSPS) is 14.7. The average molecular weight is 2150 g/mol. The van der Waals surface area contributed by atoms with Gasteiger partial charge in [0, 0.05) is 48.0 Å². The first kappa shape index (κ1) is 139. The summed E-state index contributed by atoms with van der Waals surface area (Å²) in [7, 11) is 5.63. The molecule has 44 heteroatoms. The topological polar surface area (TPSA) is 516 Å². The van der Waals surface area contributed by atoms with Crippen LogP contribution < -0.4 is 21.7 Å². The van der Waals surface area contributed by atoms with Crippen molar-refractivity contribution in [1.29, 1.82) is 0 Å². The van der Waals surface area contributed by atoms with Gasteiger partial charge in [-0.05, 0) is 70.6 Å². The Hall–Kier alpha value is -10.2. The molecule has 1 fully saturated rings. The number of nitrogens with one attached hydrogen (secondary N) is 3. The SMILES string of the molecule is CC(C)CN(C[C@@H](O)[C@@H](N)Cc1ccccc1)C(=O)NC(C)(C)C.CC(C)CN(C[C@@H](O)[C@H](Cc1ccccc1)N=CB=O)C(=O)NC(C)(C)C.CC(C)CNC[C@@H](O)[C@H](Cc1ccccc1)N=CB=O.Cc1ccc(S(=O)(=O)Cl)cc1.Cc1ccc(S(=O)(=O)OC[C@@H](O)[C@H](Cc2ccccc2)N=CB=O)cc1.Cl.Cl.O=BC=N[C@@H](Cc1ccccc1)[C@H](O)C(=O)O.O=BC=N[C@@H](Cc1ccccc1)[C@H](O)CO.[B]C1CCCO1. The van der Waals surface area contributed by atoms with Gasteiger partial charge in [-0.2, -0.15) is 0 Å². The predicted octanol–water partition coefficient (Wildman–Crippen LogP) is 11.1. The Balaban J connectivity index is 0.00000171. The molecule has 2 radical (unpaired) electrons. The number of halogens is 3. The summed E-state index contributed by atoms with van der Waals surface area (Å²) >= 11 is 0. The van der Waals surface area contributed by atoms with E-state index < -0.39 is 98.6 Å². The molecule has 1 unspecified atom stereocenters. The van der Waals surface area contributed by atoms with Gasteiger partial charge in [0.15, 0.2) is 0 Å². The number of urea groups is 2. The number of carboxylic acids is 1. The molecule has 33 nitrogen and oxygen atoms in total. The molecule has 808 valence electrons. The molecule has 0 aliphatic carbocycles.